The Morgan fingerprint density at radius 2 is 1.67 bits per heavy atom. The Labute approximate surface area is 129 Å². The van der Waals surface area contributed by atoms with Gasteiger partial charge in [0.2, 0.25) is 10.0 Å². The van der Waals surface area contributed by atoms with E-state index in [1.54, 1.807) is 0 Å². The van der Waals surface area contributed by atoms with Crippen LogP contribution in [0.5, 0.6) is 0 Å². The second-order valence-electron chi connectivity index (χ2n) is 5.23. The predicted molar refractivity (Wildman–Crippen MR) is 83.8 cm³/mol. The lowest BCUT2D eigenvalue weighted by atomic mass is 10.1. The standard InChI is InChI=1S/C15H27N3O2S/c1-2-3-8-11-15(14-17)21(19,20)18-13-10-7-5-4-6-9-12-16/h15,18H,2-11,13H2,1H3. The number of nitriles is 2. The molecule has 0 aromatic carbocycles. The molecular weight excluding hydrogens is 286 g/mol. The van der Waals surface area contributed by atoms with Crippen molar-refractivity contribution in [2.24, 2.45) is 0 Å². The molecule has 1 N–H and O–H groups in total. The Balaban J connectivity index is 3.85. The van der Waals surface area contributed by atoms with Crippen LogP contribution in [0.1, 0.15) is 71.1 Å². The van der Waals surface area contributed by atoms with Gasteiger partial charge in [-0.25, -0.2) is 13.1 Å². The van der Waals surface area contributed by atoms with Crippen LogP contribution in [-0.4, -0.2) is 20.2 Å². The van der Waals surface area contributed by atoms with Gasteiger partial charge < -0.3 is 0 Å². The fourth-order valence-corrected chi connectivity index (χ4v) is 3.29. The minimum atomic E-state index is -3.51. The molecule has 1 unspecified atom stereocenters. The quantitative estimate of drug-likeness (QED) is 0.528. The van der Waals surface area contributed by atoms with Crippen molar-refractivity contribution in [1.29, 1.82) is 10.5 Å². The van der Waals surface area contributed by atoms with Gasteiger partial charge in [0.15, 0.2) is 5.25 Å². The Hall–Kier alpha value is -1.11. The van der Waals surface area contributed by atoms with Gasteiger partial charge in [0, 0.05) is 13.0 Å². The molecule has 0 fully saturated rings. The van der Waals surface area contributed by atoms with Crippen molar-refractivity contribution in [1.82, 2.24) is 4.72 Å². The van der Waals surface area contributed by atoms with Crippen molar-refractivity contribution in [2.75, 3.05) is 6.54 Å². The fraction of sp³-hybridized carbons (Fsp3) is 0.867. The Morgan fingerprint density at radius 3 is 2.29 bits per heavy atom. The summed E-state index contributed by atoms with van der Waals surface area (Å²) < 4.78 is 26.5. The Bertz CT molecular complexity index is 435. The lowest BCUT2D eigenvalue weighted by Gasteiger charge is -2.11. The van der Waals surface area contributed by atoms with E-state index in [4.69, 9.17) is 10.5 Å². The van der Waals surface area contributed by atoms with E-state index in [2.05, 4.69) is 10.8 Å². The highest BCUT2D eigenvalue weighted by Crippen LogP contribution is 2.10. The third kappa shape index (κ3) is 10.3. The maximum absolute atomic E-state index is 12.0. The van der Waals surface area contributed by atoms with Crippen molar-refractivity contribution in [3.63, 3.8) is 0 Å². The van der Waals surface area contributed by atoms with E-state index < -0.39 is 15.3 Å². The average molecular weight is 313 g/mol. The minimum Gasteiger partial charge on any atom is -0.214 e. The number of unbranched alkanes of at least 4 members (excludes halogenated alkanes) is 7. The summed E-state index contributed by atoms with van der Waals surface area (Å²) in [5.74, 6) is 0. The van der Waals surface area contributed by atoms with Gasteiger partial charge in [-0.1, -0.05) is 45.4 Å². The zero-order chi connectivity index (χ0) is 16.0. The smallest absolute Gasteiger partial charge is 0.214 e. The zero-order valence-electron chi connectivity index (χ0n) is 13.0. The third-order valence-corrected chi connectivity index (χ3v) is 5.05. The summed E-state index contributed by atoms with van der Waals surface area (Å²) in [6.07, 6.45) is 8.40. The molecule has 0 aromatic heterocycles. The second-order valence-corrected chi connectivity index (χ2v) is 7.18. The molecular formula is C15H27N3O2S. The molecule has 0 saturated heterocycles. The summed E-state index contributed by atoms with van der Waals surface area (Å²) in [5.41, 5.74) is 0. The van der Waals surface area contributed by atoms with Gasteiger partial charge in [-0.05, 0) is 19.3 Å². The molecule has 21 heavy (non-hydrogen) atoms. The lowest BCUT2D eigenvalue weighted by molar-refractivity contribution is 0.555. The van der Waals surface area contributed by atoms with Crippen molar-refractivity contribution >= 4 is 10.0 Å². The number of hydrogen-bond acceptors (Lipinski definition) is 4. The van der Waals surface area contributed by atoms with Crippen molar-refractivity contribution in [2.45, 2.75) is 76.4 Å². The number of nitrogens with one attached hydrogen (secondary N) is 1. The molecule has 0 radical (unpaired) electrons. The van der Waals surface area contributed by atoms with E-state index in [1.807, 2.05) is 13.0 Å². The maximum atomic E-state index is 12.0. The molecule has 0 bridgehead atoms. The molecule has 0 aliphatic carbocycles. The first-order chi connectivity index (χ1) is 10.1. The van der Waals surface area contributed by atoms with Gasteiger partial charge in [0.1, 0.15) is 0 Å². The molecule has 120 valence electrons. The summed E-state index contributed by atoms with van der Waals surface area (Å²) in [7, 11) is -3.51. The molecule has 1 atom stereocenters. The van der Waals surface area contributed by atoms with Crippen LogP contribution in [0, 0.1) is 22.7 Å². The summed E-state index contributed by atoms with van der Waals surface area (Å²) in [6, 6.07) is 4.00. The van der Waals surface area contributed by atoms with E-state index in [9.17, 15) is 8.42 Å². The van der Waals surface area contributed by atoms with Crippen LogP contribution in [0.25, 0.3) is 0 Å². The van der Waals surface area contributed by atoms with E-state index in [-0.39, 0.29) is 0 Å². The number of nitrogens with zero attached hydrogens (tertiary/aromatic N) is 2. The summed E-state index contributed by atoms with van der Waals surface area (Å²) >= 11 is 0. The lowest BCUT2D eigenvalue weighted by Crippen LogP contribution is -2.34. The van der Waals surface area contributed by atoms with Crippen LogP contribution in [0.4, 0.5) is 0 Å². The molecule has 0 saturated carbocycles. The largest absolute Gasteiger partial charge is 0.227 e. The molecule has 0 aromatic rings. The first-order valence-corrected chi connectivity index (χ1v) is 9.38. The molecule has 0 heterocycles. The summed E-state index contributed by atoms with van der Waals surface area (Å²) in [4.78, 5) is 0. The van der Waals surface area contributed by atoms with Gasteiger partial charge in [-0.15, -0.1) is 0 Å². The van der Waals surface area contributed by atoms with Gasteiger partial charge >= 0.3 is 0 Å². The van der Waals surface area contributed by atoms with Crippen LogP contribution in [-0.2, 0) is 10.0 Å². The Morgan fingerprint density at radius 1 is 1.00 bits per heavy atom. The van der Waals surface area contributed by atoms with Gasteiger partial charge in [-0.2, -0.15) is 10.5 Å². The minimum absolute atomic E-state index is 0.395. The highest BCUT2D eigenvalue weighted by atomic mass is 32.2. The van der Waals surface area contributed by atoms with Crippen LogP contribution in [0.3, 0.4) is 0 Å². The highest BCUT2D eigenvalue weighted by Gasteiger charge is 2.23. The molecule has 6 heteroatoms. The molecule has 0 aliphatic rings. The first-order valence-electron chi connectivity index (χ1n) is 7.83. The third-order valence-electron chi connectivity index (χ3n) is 3.36. The van der Waals surface area contributed by atoms with Gasteiger partial charge in [0.25, 0.3) is 0 Å². The van der Waals surface area contributed by atoms with Crippen LogP contribution in [0.2, 0.25) is 0 Å². The Kier molecular flexibility index (Phi) is 12.0. The predicted octanol–water partition coefficient (Wildman–Crippen LogP) is 3.24. The molecule has 0 spiro atoms. The molecule has 0 amide bonds. The van der Waals surface area contributed by atoms with E-state index >= 15 is 0 Å². The van der Waals surface area contributed by atoms with Gasteiger partial charge in [-0.3, -0.25) is 0 Å². The van der Waals surface area contributed by atoms with Crippen LogP contribution >= 0.6 is 0 Å². The van der Waals surface area contributed by atoms with E-state index in [1.165, 1.54) is 0 Å². The second kappa shape index (κ2) is 12.6. The van der Waals surface area contributed by atoms with Crippen molar-refractivity contribution in [3.05, 3.63) is 0 Å². The summed E-state index contributed by atoms with van der Waals surface area (Å²) in [6.45, 7) is 2.44. The zero-order valence-corrected chi connectivity index (χ0v) is 13.8. The maximum Gasteiger partial charge on any atom is 0.227 e. The van der Waals surface area contributed by atoms with Crippen molar-refractivity contribution < 1.29 is 8.42 Å². The van der Waals surface area contributed by atoms with E-state index in [0.717, 1.165) is 51.4 Å². The molecule has 0 rings (SSSR count). The number of rotatable bonds is 13. The SMILES string of the molecule is CCCCCC(C#N)S(=O)(=O)NCCCCCCCC#N. The number of hydrogen-bond donors (Lipinski definition) is 1. The highest BCUT2D eigenvalue weighted by molar-refractivity contribution is 7.90. The average Bonchev–Trinajstić information content (AvgIpc) is 2.46. The fourth-order valence-electron chi connectivity index (χ4n) is 2.04. The summed E-state index contributed by atoms with van der Waals surface area (Å²) in [5, 5.41) is 16.5. The molecule has 5 nitrogen and oxygen atoms in total. The normalized spacial score (nSPS) is 12.5. The van der Waals surface area contributed by atoms with Crippen LogP contribution < -0.4 is 4.72 Å². The topological polar surface area (TPSA) is 93.8 Å². The van der Waals surface area contributed by atoms with Crippen molar-refractivity contribution in [3.8, 4) is 12.1 Å². The first kappa shape index (κ1) is 19.9. The van der Waals surface area contributed by atoms with Crippen LogP contribution in [0.15, 0.2) is 0 Å². The molecule has 0 aliphatic heterocycles. The van der Waals surface area contributed by atoms with Gasteiger partial charge in [0.05, 0.1) is 12.1 Å². The van der Waals surface area contributed by atoms with E-state index in [0.29, 0.717) is 19.4 Å². The monoisotopic (exact) mass is 313 g/mol. The number of sulfonamides is 1.